The van der Waals surface area contributed by atoms with Crippen LogP contribution in [0.5, 0.6) is 0 Å². The van der Waals surface area contributed by atoms with Crippen LogP contribution in [0.3, 0.4) is 0 Å². The first-order valence-electron chi connectivity index (χ1n) is 25.1. The van der Waals surface area contributed by atoms with Gasteiger partial charge in [0.25, 0.3) is 11.8 Å². The van der Waals surface area contributed by atoms with Crippen molar-refractivity contribution in [2.45, 2.75) is 140 Å². The van der Waals surface area contributed by atoms with Gasteiger partial charge in [-0.05, 0) is 88.6 Å². The number of ether oxygens (including phenoxy) is 6. The molecule has 1 aromatic carbocycles. The smallest absolute Gasteiger partial charge is 0.324 e. The summed E-state index contributed by atoms with van der Waals surface area (Å²) in [5.41, 5.74) is 8.03. The van der Waals surface area contributed by atoms with E-state index in [1.165, 1.54) is 16.3 Å². The second-order valence-electron chi connectivity index (χ2n) is 21.9. The van der Waals surface area contributed by atoms with E-state index in [2.05, 4.69) is 70.6 Å². The first-order chi connectivity index (χ1) is 33.2. The number of aromatic nitrogens is 3. The zero-order valence-electron chi connectivity index (χ0n) is 40.8. The molecule has 2 amide bonds. The molecule has 7 fully saturated rings. The largest absolute Gasteiger partial charge is 0.464 e. The number of likely N-dealkylation sites (tertiary alicyclic amines) is 1. The average molecular weight is 966 g/mol. The number of esters is 1. The summed E-state index contributed by atoms with van der Waals surface area (Å²) in [7, 11) is 1.71. The number of cyclic esters (lactones) is 1. The maximum absolute atomic E-state index is 15.3. The molecule has 16 nitrogen and oxygen atoms in total. The second kappa shape index (κ2) is 18.1. The number of pyridine rings is 1. The van der Waals surface area contributed by atoms with Gasteiger partial charge in [0.15, 0.2) is 0 Å². The van der Waals surface area contributed by atoms with Crippen LogP contribution in [-0.4, -0.2) is 137 Å². The molecule has 3 aromatic heterocycles. The lowest BCUT2D eigenvalue weighted by Crippen LogP contribution is -2.72. The number of carbonyl (C=O) groups is 3. The van der Waals surface area contributed by atoms with E-state index in [9.17, 15) is 9.59 Å². The van der Waals surface area contributed by atoms with E-state index in [0.29, 0.717) is 89.7 Å². The highest BCUT2D eigenvalue weighted by atomic mass is 32.1. The fraction of sp³-hybridized carbons (Fsp3) is 0.635. The fourth-order valence-corrected chi connectivity index (χ4v) is 13.1. The molecule has 8 aliphatic rings. The van der Waals surface area contributed by atoms with E-state index in [-0.39, 0.29) is 47.7 Å². The molecule has 12 rings (SSSR count). The lowest BCUT2D eigenvalue weighted by molar-refractivity contribution is -0.232. The SMILES string of the molecule is CO[C@@H](C)c1ncccc1-c1c2c3cc(ccc3n1CCOC1CCOCC1)-c1csc(n1)[C@@H](N1CC3(CCO3)C1)[C@H](NC(=O)C13CC(C)(C1)[C@H](C)O3)C(=O)N1CCC[C@H](N1)C(=O)OCC(C)(C)C2. The van der Waals surface area contributed by atoms with E-state index in [1.54, 1.807) is 7.11 Å². The molecular formula is C52H67N7O9S. The molecule has 4 aromatic rings. The molecule has 7 aliphatic heterocycles. The Morgan fingerprint density at radius 1 is 1.09 bits per heavy atom. The number of carbonyl (C=O) groups excluding carboxylic acids is 3. The Morgan fingerprint density at radius 2 is 1.88 bits per heavy atom. The van der Waals surface area contributed by atoms with Gasteiger partial charge in [-0.25, -0.2) is 10.4 Å². The maximum atomic E-state index is 15.3. The van der Waals surface area contributed by atoms with Crippen molar-refractivity contribution >= 4 is 40.0 Å². The Bertz CT molecular complexity index is 2600. The number of nitrogens with one attached hydrogen (secondary N) is 2. The van der Waals surface area contributed by atoms with E-state index < -0.39 is 35.1 Å². The Labute approximate surface area is 408 Å². The van der Waals surface area contributed by atoms with Crippen LogP contribution in [0.1, 0.15) is 108 Å². The van der Waals surface area contributed by atoms with E-state index >= 15 is 4.79 Å². The molecule has 5 atom stereocenters. The number of hydrogen-bond donors (Lipinski definition) is 2. The van der Waals surface area contributed by atoms with Gasteiger partial charge >= 0.3 is 5.97 Å². The first-order valence-corrected chi connectivity index (χ1v) is 26.0. The number of nitrogens with zero attached hydrogens (tertiary/aromatic N) is 5. The zero-order valence-corrected chi connectivity index (χ0v) is 41.7. The van der Waals surface area contributed by atoms with Gasteiger partial charge < -0.3 is 38.3 Å². The summed E-state index contributed by atoms with van der Waals surface area (Å²) >= 11 is 1.49. The summed E-state index contributed by atoms with van der Waals surface area (Å²) in [6, 6.07) is 8.20. The lowest BCUT2D eigenvalue weighted by atomic mass is 9.61. The third-order valence-electron chi connectivity index (χ3n) is 16.3. The Kier molecular flexibility index (Phi) is 12.3. The zero-order chi connectivity index (χ0) is 47.9. The van der Waals surface area contributed by atoms with Gasteiger partial charge in [0.2, 0.25) is 0 Å². The van der Waals surface area contributed by atoms with Crippen LogP contribution < -0.4 is 10.7 Å². The Balaban J connectivity index is 1.05. The van der Waals surface area contributed by atoms with Gasteiger partial charge in [-0.3, -0.25) is 29.3 Å². The topological polar surface area (TPSA) is 168 Å². The predicted molar refractivity (Wildman–Crippen MR) is 258 cm³/mol. The van der Waals surface area contributed by atoms with E-state index in [1.807, 2.05) is 26.1 Å². The number of amides is 2. The molecule has 8 bridgehead atoms. The van der Waals surface area contributed by atoms with E-state index in [0.717, 1.165) is 63.9 Å². The molecule has 0 radical (unpaired) electrons. The van der Waals surface area contributed by atoms with Gasteiger partial charge in [0.1, 0.15) is 22.7 Å². The summed E-state index contributed by atoms with van der Waals surface area (Å²) in [5.74, 6) is -1.04. The van der Waals surface area contributed by atoms with Crippen molar-refractivity contribution in [3.63, 3.8) is 0 Å². The molecule has 6 saturated heterocycles. The van der Waals surface area contributed by atoms with Crippen molar-refractivity contribution in [1.29, 1.82) is 0 Å². The molecule has 10 heterocycles. The average Bonchev–Trinajstić information content (AvgIpc) is 4.05. The summed E-state index contributed by atoms with van der Waals surface area (Å²) in [6.07, 6.45) is 7.08. The Morgan fingerprint density at radius 3 is 2.61 bits per heavy atom. The van der Waals surface area contributed by atoms with Crippen LogP contribution in [0.4, 0.5) is 0 Å². The van der Waals surface area contributed by atoms with Crippen LogP contribution in [-0.2, 0) is 55.8 Å². The highest BCUT2D eigenvalue weighted by molar-refractivity contribution is 7.10. The van der Waals surface area contributed by atoms with Gasteiger partial charge in [0, 0.05) is 97.4 Å². The van der Waals surface area contributed by atoms with Crippen molar-refractivity contribution < 1.29 is 42.8 Å². The third-order valence-corrected chi connectivity index (χ3v) is 17.2. The van der Waals surface area contributed by atoms with Crippen LogP contribution in [0.25, 0.3) is 33.4 Å². The summed E-state index contributed by atoms with van der Waals surface area (Å²) in [6.45, 7) is 15.4. The molecule has 17 heteroatoms. The van der Waals surface area contributed by atoms with Crippen molar-refractivity contribution in [3.8, 4) is 22.5 Å². The highest BCUT2D eigenvalue weighted by Gasteiger charge is 2.68. The van der Waals surface area contributed by atoms with Gasteiger partial charge in [-0.15, -0.1) is 11.3 Å². The fourth-order valence-electron chi connectivity index (χ4n) is 12.2. The molecule has 370 valence electrons. The molecule has 1 spiro atoms. The molecule has 2 N–H and O–H groups in total. The number of hydrazine groups is 1. The third kappa shape index (κ3) is 8.51. The van der Waals surface area contributed by atoms with E-state index in [4.69, 9.17) is 38.4 Å². The van der Waals surface area contributed by atoms with Crippen LogP contribution in [0.2, 0.25) is 0 Å². The summed E-state index contributed by atoms with van der Waals surface area (Å²) in [5, 5.41) is 8.63. The first kappa shape index (κ1) is 47.0. The Hall–Kier alpha value is -4.33. The number of hydrogen-bond acceptors (Lipinski definition) is 14. The minimum atomic E-state index is -1.05. The number of rotatable bonds is 10. The monoisotopic (exact) mass is 965 g/mol. The second-order valence-corrected chi connectivity index (χ2v) is 22.8. The normalized spacial score (nSPS) is 30.6. The quantitative estimate of drug-likeness (QED) is 0.170. The minimum Gasteiger partial charge on any atom is -0.464 e. The molecule has 0 unspecified atom stereocenters. The summed E-state index contributed by atoms with van der Waals surface area (Å²) in [4.78, 5) is 56.6. The van der Waals surface area contributed by atoms with Crippen LogP contribution in [0, 0.1) is 10.8 Å². The van der Waals surface area contributed by atoms with Gasteiger partial charge in [-0.2, -0.15) is 0 Å². The van der Waals surface area contributed by atoms with Crippen molar-refractivity contribution in [1.82, 2.24) is 35.2 Å². The van der Waals surface area contributed by atoms with Gasteiger partial charge in [0.05, 0.1) is 66.9 Å². The number of thiazole rings is 1. The van der Waals surface area contributed by atoms with Crippen molar-refractivity contribution in [2.75, 3.05) is 59.8 Å². The molecular weight excluding hydrogens is 899 g/mol. The van der Waals surface area contributed by atoms with Crippen LogP contribution in [0.15, 0.2) is 41.9 Å². The number of benzene rings is 1. The summed E-state index contributed by atoms with van der Waals surface area (Å²) < 4.78 is 39.2. The lowest BCUT2D eigenvalue weighted by Gasteiger charge is -2.58. The van der Waals surface area contributed by atoms with Gasteiger partial charge in [-0.1, -0.05) is 26.8 Å². The number of methoxy groups -OCH3 is 1. The minimum absolute atomic E-state index is 0.0790. The van der Waals surface area contributed by atoms with Crippen molar-refractivity contribution in [2.24, 2.45) is 10.8 Å². The predicted octanol–water partition coefficient (Wildman–Crippen LogP) is 6.31. The number of fused-ring (bicyclic) bond motifs is 7. The highest BCUT2D eigenvalue weighted by Crippen LogP contribution is 2.61. The molecule has 69 heavy (non-hydrogen) atoms. The standard InChI is InChI=1S/C52H67N7O9S/c1-31(63-6)41-35(9-7-16-53-41)43-37-24-49(3,4)30-66-47(61)38-10-8-17-59(56-38)46(60)42(55-48(62)52-26-50(5,27-52)32(2)68-52)44(57-28-51(29-57)15-21-67-51)45-54-39(25-69-45)33-11-12-40(36(37)23-33)58(43)18-22-65-34-13-19-64-20-14-34/h7,9,11-12,16,23,25,31-32,34,38,42,44,56H,8,10,13-15,17-22,24,26-30H2,1-6H3,(H,55,62)/t31-,32-,38-,42-,44-,50?,52?/m0/s1. The molecule has 1 saturated carbocycles. The van der Waals surface area contributed by atoms with Crippen molar-refractivity contribution in [3.05, 3.63) is 58.2 Å². The van der Waals surface area contributed by atoms with Crippen LogP contribution >= 0.6 is 11.3 Å². The molecule has 1 aliphatic carbocycles. The maximum Gasteiger partial charge on any atom is 0.324 e.